The molecule has 2 aliphatic rings. The van der Waals surface area contributed by atoms with Crippen LogP contribution in [0.2, 0.25) is 0 Å². The topological polar surface area (TPSA) is 8.17 Å². The summed E-state index contributed by atoms with van der Waals surface area (Å²) in [6.07, 6.45) is 0. The van der Waals surface area contributed by atoms with Gasteiger partial charge in [-0.05, 0) is 139 Å². The van der Waals surface area contributed by atoms with Crippen molar-refractivity contribution in [3.8, 4) is 61.3 Å². The maximum absolute atomic E-state index is 2.51. The molecule has 2 aliphatic carbocycles. The van der Waals surface area contributed by atoms with Crippen molar-refractivity contribution in [3.63, 3.8) is 0 Å². The first-order chi connectivity index (χ1) is 37.7. The van der Waals surface area contributed by atoms with E-state index in [1.807, 2.05) is 11.3 Å². The molecule has 76 heavy (non-hydrogen) atoms. The molecule has 0 fully saturated rings. The molecule has 354 valence electrons. The predicted molar refractivity (Wildman–Crippen MR) is 321 cm³/mol. The lowest BCUT2D eigenvalue weighted by Gasteiger charge is -2.32. The molecule has 3 heteroatoms. The van der Waals surface area contributed by atoms with E-state index in [9.17, 15) is 0 Å². The Hall–Kier alpha value is -9.54. The van der Waals surface area contributed by atoms with Gasteiger partial charge in [0.05, 0.1) is 16.4 Å². The van der Waals surface area contributed by atoms with Gasteiger partial charge in [-0.3, -0.25) is 0 Å². The Morgan fingerprint density at radius 2 is 0.816 bits per heavy atom. The molecule has 2 aromatic heterocycles. The molecule has 16 rings (SSSR count). The Balaban J connectivity index is 0.890. The van der Waals surface area contributed by atoms with Gasteiger partial charge in [-0.2, -0.15) is 0 Å². The predicted octanol–water partition coefficient (Wildman–Crippen LogP) is 20.0. The molecule has 0 saturated carbocycles. The number of benzene rings is 12. The van der Waals surface area contributed by atoms with E-state index in [1.54, 1.807) is 0 Å². The summed E-state index contributed by atoms with van der Waals surface area (Å²) in [6, 6.07) is 104. The molecule has 0 N–H and O–H groups in total. The maximum Gasteiger partial charge on any atom is 0.0726 e. The Bertz CT molecular complexity index is 4560. The highest BCUT2D eigenvalue weighted by molar-refractivity contribution is 7.26. The summed E-state index contributed by atoms with van der Waals surface area (Å²) in [5.41, 5.74) is 24.2. The number of hydrogen-bond donors (Lipinski definition) is 0. The normalized spacial score (nSPS) is 12.8. The smallest absolute Gasteiger partial charge is 0.0726 e. The van der Waals surface area contributed by atoms with Crippen molar-refractivity contribution in [1.82, 2.24) is 4.57 Å². The van der Waals surface area contributed by atoms with Gasteiger partial charge in [-0.15, -0.1) is 11.3 Å². The minimum Gasteiger partial charge on any atom is -0.310 e. The number of nitrogens with zero attached hydrogens (tertiary/aromatic N) is 2. The Kier molecular flexibility index (Phi) is 9.45. The zero-order valence-electron chi connectivity index (χ0n) is 41.4. The highest BCUT2D eigenvalue weighted by Gasteiger charge is 2.51. The second-order valence-electron chi connectivity index (χ2n) is 20.3. The average Bonchev–Trinajstić information content (AvgIpc) is 4.39. The molecule has 0 radical (unpaired) electrons. The second kappa shape index (κ2) is 16.7. The molecule has 0 bridgehead atoms. The van der Waals surface area contributed by atoms with E-state index in [4.69, 9.17) is 0 Å². The van der Waals surface area contributed by atoms with Gasteiger partial charge >= 0.3 is 0 Å². The molecule has 12 aromatic carbocycles. The van der Waals surface area contributed by atoms with Crippen LogP contribution in [0.5, 0.6) is 0 Å². The van der Waals surface area contributed by atoms with Gasteiger partial charge in [0.1, 0.15) is 0 Å². The molecular weight excluding hydrogens is 937 g/mol. The largest absolute Gasteiger partial charge is 0.310 e. The first-order valence-electron chi connectivity index (χ1n) is 26.2. The summed E-state index contributed by atoms with van der Waals surface area (Å²) < 4.78 is 5.08. The standard InChI is InChI=1S/C73H46N2S/c1-3-18-47(19-4-1)49-34-38-52(39-35-49)74(55-42-43-59-58-26-9-14-31-66(58)73(67(59)45-55)64-29-12-7-24-56(64)57-25-8-13-30-65(57)73)53-40-36-50(37-41-53)62-46-63-60-27-10-15-32-68(60)75(54-23-17-22-51(44-54)48-20-5-2-6-21-48)71(63)70-61-28-11-16-33-69(61)76-72(62)70/h1-46H. The lowest BCUT2D eigenvalue weighted by atomic mass is 9.70. The van der Waals surface area contributed by atoms with Crippen LogP contribution in [0.1, 0.15) is 22.3 Å². The Morgan fingerprint density at radius 3 is 1.47 bits per heavy atom. The van der Waals surface area contributed by atoms with E-state index in [2.05, 4.69) is 289 Å². The second-order valence-corrected chi connectivity index (χ2v) is 21.4. The summed E-state index contributed by atoms with van der Waals surface area (Å²) >= 11 is 1.90. The molecule has 0 saturated heterocycles. The summed E-state index contributed by atoms with van der Waals surface area (Å²) in [5.74, 6) is 0. The molecule has 0 unspecified atom stereocenters. The first-order valence-corrected chi connectivity index (χ1v) is 27.1. The lowest BCUT2D eigenvalue weighted by molar-refractivity contribution is 0.793. The van der Waals surface area contributed by atoms with Crippen LogP contribution in [0.25, 0.3) is 103 Å². The Morgan fingerprint density at radius 1 is 0.316 bits per heavy atom. The van der Waals surface area contributed by atoms with Crippen LogP contribution < -0.4 is 4.90 Å². The fourth-order valence-electron chi connectivity index (χ4n) is 13.2. The van der Waals surface area contributed by atoms with Crippen LogP contribution in [0.4, 0.5) is 17.1 Å². The number of para-hydroxylation sites is 1. The van der Waals surface area contributed by atoms with E-state index in [0.717, 1.165) is 22.7 Å². The van der Waals surface area contributed by atoms with Crippen LogP contribution in [0.15, 0.2) is 279 Å². The van der Waals surface area contributed by atoms with Crippen molar-refractivity contribution in [3.05, 3.63) is 301 Å². The fourth-order valence-corrected chi connectivity index (χ4v) is 14.4. The first kappa shape index (κ1) is 42.9. The lowest BCUT2D eigenvalue weighted by Crippen LogP contribution is -2.26. The van der Waals surface area contributed by atoms with Gasteiger partial charge in [-0.25, -0.2) is 0 Å². The highest BCUT2D eigenvalue weighted by atomic mass is 32.1. The van der Waals surface area contributed by atoms with Crippen molar-refractivity contribution < 1.29 is 0 Å². The molecule has 0 atom stereocenters. The monoisotopic (exact) mass is 982 g/mol. The molecule has 1 spiro atoms. The molecule has 2 heterocycles. The van der Waals surface area contributed by atoms with E-state index in [1.165, 1.54) is 120 Å². The third kappa shape index (κ3) is 6.21. The third-order valence-electron chi connectivity index (χ3n) is 16.4. The minimum atomic E-state index is -0.454. The van der Waals surface area contributed by atoms with Crippen molar-refractivity contribution in [2.24, 2.45) is 0 Å². The van der Waals surface area contributed by atoms with Crippen molar-refractivity contribution >= 4 is 70.4 Å². The van der Waals surface area contributed by atoms with Gasteiger partial charge in [0.2, 0.25) is 0 Å². The number of thiophene rings is 1. The van der Waals surface area contributed by atoms with Crippen LogP contribution in [-0.2, 0) is 5.41 Å². The van der Waals surface area contributed by atoms with Gasteiger partial charge in [-0.1, -0.05) is 212 Å². The number of aromatic nitrogens is 1. The number of hydrogen-bond acceptors (Lipinski definition) is 2. The zero-order chi connectivity index (χ0) is 49.9. The van der Waals surface area contributed by atoms with Crippen molar-refractivity contribution in [2.75, 3.05) is 4.90 Å². The SMILES string of the molecule is c1ccc(-c2ccc(N(c3ccc(-c4cc5c6ccccc6n(-c6cccc(-c7ccccc7)c6)c5c5c4sc4ccccc45)cc3)c3ccc4c(c3)C3(c5ccccc5-c5ccccc53)c3ccccc3-4)cc2)cc1. The van der Waals surface area contributed by atoms with E-state index in [-0.39, 0.29) is 0 Å². The summed E-state index contributed by atoms with van der Waals surface area (Å²) in [4.78, 5) is 2.46. The summed E-state index contributed by atoms with van der Waals surface area (Å²) in [6.45, 7) is 0. The average molecular weight is 983 g/mol. The zero-order valence-corrected chi connectivity index (χ0v) is 42.2. The molecular formula is C73H46N2S. The molecule has 14 aromatic rings. The Labute approximate surface area is 445 Å². The summed E-state index contributed by atoms with van der Waals surface area (Å²) in [5, 5.41) is 5.07. The van der Waals surface area contributed by atoms with Gasteiger partial charge in [0, 0.05) is 59.3 Å². The van der Waals surface area contributed by atoms with E-state index < -0.39 is 5.41 Å². The van der Waals surface area contributed by atoms with E-state index in [0.29, 0.717) is 0 Å². The molecule has 0 amide bonds. The van der Waals surface area contributed by atoms with Crippen molar-refractivity contribution in [2.45, 2.75) is 5.41 Å². The fraction of sp³-hybridized carbons (Fsp3) is 0.0137. The van der Waals surface area contributed by atoms with E-state index >= 15 is 0 Å². The number of fused-ring (bicyclic) bond motifs is 17. The van der Waals surface area contributed by atoms with Gasteiger partial charge in [0.15, 0.2) is 0 Å². The molecule has 0 aliphatic heterocycles. The van der Waals surface area contributed by atoms with Gasteiger partial charge in [0.25, 0.3) is 0 Å². The van der Waals surface area contributed by atoms with Gasteiger partial charge < -0.3 is 9.47 Å². The van der Waals surface area contributed by atoms with Crippen LogP contribution in [0, 0.1) is 0 Å². The highest BCUT2D eigenvalue weighted by Crippen LogP contribution is 2.63. The van der Waals surface area contributed by atoms with Crippen LogP contribution in [-0.4, -0.2) is 4.57 Å². The summed E-state index contributed by atoms with van der Waals surface area (Å²) in [7, 11) is 0. The van der Waals surface area contributed by atoms with Crippen LogP contribution in [0.3, 0.4) is 0 Å². The number of rotatable bonds is 7. The van der Waals surface area contributed by atoms with Crippen molar-refractivity contribution in [1.29, 1.82) is 0 Å². The number of anilines is 3. The minimum absolute atomic E-state index is 0.454. The third-order valence-corrected chi connectivity index (χ3v) is 17.6. The van der Waals surface area contributed by atoms with Crippen LogP contribution >= 0.6 is 11.3 Å². The molecule has 2 nitrogen and oxygen atoms in total. The quantitative estimate of drug-likeness (QED) is 0.154. The maximum atomic E-state index is 2.51.